The van der Waals surface area contributed by atoms with Crippen molar-refractivity contribution in [1.82, 2.24) is 19.7 Å². The smallest absolute Gasteiger partial charge is 0.259 e. The first-order valence-corrected chi connectivity index (χ1v) is 10.6. The summed E-state index contributed by atoms with van der Waals surface area (Å²) in [5.41, 5.74) is 5.40. The van der Waals surface area contributed by atoms with Crippen molar-refractivity contribution in [2.24, 2.45) is 5.92 Å². The minimum atomic E-state index is -0.128. The lowest BCUT2D eigenvalue weighted by Crippen LogP contribution is -2.28. The first-order valence-electron chi connectivity index (χ1n) is 10.6. The zero-order valence-corrected chi connectivity index (χ0v) is 18.2. The molecular formula is C24H26N4O3. The number of ether oxygens (including phenoxy) is 2. The Morgan fingerprint density at radius 3 is 2.84 bits per heavy atom. The lowest BCUT2D eigenvalue weighted by molar-refractivity contribution is 0.0264. The van der Waals surface area contributed by atoms with Crippen molar-refractivity contribution in [3.63, 3.8) is 0 Å². The van der Waals surface area contributed by atoms with Crippen LogP contribution in [0.4, 0.5) is 0 Å². The number of benzene rings is 1. The molecule has 1 fully saturated rings. The van der Waals surface area contributed by atoms with E-state index in [4.69, 9.17) is 9.47 Å². The molecule has 4 heterocycles. The van der Waals surface area contributed by atoms with Gasteiger partial charge in [0.05, 0.1) is 42.4 Å². The zero-order valence-electron chi connectivity index (χ0n) is 18.2. The standard InChI is InChI=1S/C24H26N4O3/c1-13-9-15(3)26-24(30-4)21(13)16-5-6-17-19(10-16)27-23(29)18-11-25-28(22(17)18)20-7-8-31-12-14(20)2/h5-6,9-11,14,20H,7-8,12H2,1-4H3,(H,27,29). The van der Waals surface area contributed by atoms with E-state index in [1.54, 1.807) is 13.3 Å². The Labute approximate surface area is 180 Å². The van der Waals surface area contributed by atoms with Crippen LogP contribution in [0.15, 0.2) is 35.3 Å². The third-order valence-corrected chi connectivity index (χ3v) is 6.27. The molecule has 31 heavy (non-hydrogen) atoms. The summed E-state index contributed by atoms with van der Waals surface area (Å²) in [4.78, 5) is 20.5. The predicted molar refractivity (Wildman–Crippen MR) is 121 cm³/mol. The Bertz CT molecular complexity index is 1350. The van der Waals surface area contributed by atoms with Gasteiger partial charge < -0.3 is 14.5 Å². The molecule has 7 nitrogen and oxygen atoms in total. The number of hydrogen-bond acceptors (Lipinski definition) is 5. The largest absolute Gasteiger partial charge is 0.481 e. The molecule has 0 radical (unpaired) electrons. The molecule has 7 heteroatoms. The number of hydrogen-bond donors (Lipinski definition) is 1. The zero-order chi connectivity index (χ0) is 21.7. The van der Waals surface area contributed by atoms with Gasteiger partial charge in [0.2, 0.25) is 5.88 Å². The molecule has 1 aromatic carbocycles. The second-order valence-corrected chi connectivity index (χ2v) is 8.44. The van der Waals surface area contributed by atoms with E-state index >= 15 is 0 Å². The highest BCUT2D eigenvalue weighted by atomic mass is 16.5. The fourth-order valence-electron chi connectivity index (χ4n) is 4.78. The molecule has 1 N–H and O–H groups in total. The number of fused-ring (bicyclic) bond motifs is 3. The first-order chi connectivity index (χ1) is 15.0. The molecule has 0 aliphatic carbocycles. The van der Waals surface area contributed by atoms with Gasteiger partial charge >= 0.3 is 0 Å². The maximum absolute atomic E-state index is 12.9. The van der Waals surface area contributed by atoms with Gasteiger partial charge in [-0.1, -0.05) is 19.1 Å². The topological polar surface area (TPSA) is 82.0 Å². The maximum Gasteiger partial charge on any atom is 0.259 e. The van der Waals surface area contributed by atoms with E-state index in [-0.39, 0.29) is 11.6 Å². The van der Waals surface area contributed by atoms with Gasteiger partial charge in [0.1, 0.15) is 0 Å². The van der Waals surface area contributed by atoms with E-state index in [1.165, 1.54) is 0 Å². The van der Waals surface area contributed by atoms with Crippen LogP contribution in [0.2, 0.25) is 0 Å². The number of nitrogens with one attached hydrogen (secondary N) is 1. The molecule has 3 aromatic heterocycles. The summed E-state index contributed by atoms with van der Waals surface area (Å²) in [5.74, 6) is 0.914. The summed E-state index contributed by atoms with van der Waals surface area (Å²) in [6.07, 6.45) is 2.57. The second kappa shape index (κ2) is 7.50. The van der Waals surface area contributed by atoms with Crippen LogP contribution in [-0.4, -0.2) is 40.1 Å². The first kappa shape index (κ1) is 19.8. The van der Waals surface area contributed by atoms with Crippen molar-refractivity contribution < 1.29 is 9.47 Å². The van der Waals surface area contributed by atoms with Crippen LogP contribution >= 0.6 is 0 Å². The molecule has 0 amide bonds. The minimum absolute atomic E-state index is 0.128. The number of rotatable bonds is 3. The molecule has 4 aromatic rings. The Balaban J connectivity index is 1.74. The third kappa shape index (κ3) is 3.20. The number of H-pyrrole nitrogens is 1. The van der Waals surface area contributed by atoms with E-state index < -0.39 is 0 Å². The van der Waals surface area contributed by atoms with Crippen LogP contribution in [0.5, 0.6) is 5.88 Å². The van der Waals surface area contributed by atoms with E-state index in [1.807, 2.05) is 30.7 Å². The number of aromatic amines is 1. The Morgan fingerprint density at radius 2 is 2.06 bits per heavy atom. The predicted octanol–water partition coefficient (Wildman–Crippen LogP) is 4.16. The fourth-order valence-corrected chi connectivity index (χ4v) is 4.78. The minimum Gasteiger partial charge on any atom is -0.481 e. The lowest BCUT2D eigenvalue weighted by atomic mass is 9.97. The molecule has 0 saturated carbocycles. The number of pyridine rings is 2. The molecule has 0 bridgehead atoms. The highest BCUT2D eigenvalue weighted by Gasteiger charge is 2.27. The van der Waals surface area contributed by atoms with E-state index in [0.717, 1.165) is 45.2 Å². The van der Waals surface area contributed by atoms with Crippen LogP contribution in [0.25, 0.3) is 32.9 Å². The quantitative estimate of drug-likeness (QED) is 0.540. The molecule has 2 atom stereocenters. The third-order valence-electron chi connectivity index (χ3n) is 6.27. The summed E-state index contributed by atoms with van der Waals surface area (Å²) in [6, 6.07) is 8.37. The number of methoxy groups -OCH3 is 1. The van der Waals surface area contributed by atoms with Gasteiger partial charge in [0.15, 0.2) is 0 Å². The number of aromatic nitrogens is 4. The summed E-state index contributed by atoms with van der Waals surface area (Å²) < 4.78 is 13.2. The number of aryl methyl sites for hydroxylation is 2. The summed E-state index contributed by atoms with van der Waals surface area (Å²) >= 11 is 0. The van der Waals surface area contributed by atoms with E-state index in [0.29, 0.717) is 30.4 Å². The highest BCUT2D eigenvalue weighted by molar-refractivity contribution is 6.04. The highest BCUT2D eigenvalue weighted by Crippen LogP contribution is 2.36. The summed E-state index contributed by atoms with van der Waals surface area (Å²) in [7, 11) is 1.63. The molecule has 0 spiro atoms. The van der Waals surface area contributed by atoms with E-state index in [9.17, 15) is 4.79 Å². The van der Waals surface area contributed by atoms with Crippen LogP contribution in [-0.2, 0) is 4.74 Å². The van der Waals surface area contributed by atoms with Crippen molar-refractivity contribution in [3.05, 3.63) is 52.1 Å². The molecular weight excluding hydrogens is 392 g/mol. The normalized spacial score (nSPS) is 19.2. The van der Waals surface area contributed by atoms with Crippen molar-refractivity contribution in [2.45, 2.75) is 33.2 Å². The summed E-state index contributed by atoms with van der Waals surface area (Å²) in [5, 5.41) is 6.22. The molecule has 1 aliphatic rings. The average Bonchev–Trinajstić information content (AvgIpc) is 3.19. The van der Waals surface area contributed by atoms with Crippen LogP contribution in [0.3, 0.4) is 0 Å². The van der Waals surface area contributed by atoms with Gasteiger partial charge in [-0.3, -0.25) is 9.48 Å². The summed E-state index contributed by atoms with van der Waals surface area (Å²) in [6.45, 7) is 7.58. The van der Waals surface area contributed by atoms with E-state index in [2.05, 4.69) is 34.1 Å². The lowest BCUT2D eigenvalue weighted by Gasteiger charge is -2.29. The second-order valence-electron chi connectivity index (χ2n) is 8.44. The van der Waals surface area contributed by atoms with Gasteiger partial charge in [0, 0.05) is 29.2 Å². The van der Waals surface area contributed by atoms with Crippen LogP contribution in [0, 0.1) is 19.8 Å². The Hall–Kier alpha value is -3.19. The van der Waals surface area contributed by atoms with Crippen molar-refractivity contribution in [1.29, 1.82) is 0 Å². The van der Waals surface area contributed by atoms with Crippen molar-refractivity contribution in [3.8, 4) is 17.0 Å². The SMILES string of the molecule is COc1nc(C)cc(C)c1-c1ccc2c(c1)[nH]c(=O)c1cnn(C3CCOCC3C)c12. The molecule has 2 unspecified atom stereocenters. The molecule has 1 saturated heterocycles. The molecule has 5 rings (SSSR count). The van der Waals surface area contributed by atoms with Gasteiger partial charge in [-0.2, -0.15) is 5.10 Å². The average molecular weight is 418 g/mol. The van der Waals surface area contributed by atoms with Gasteiger partial charge in [-0.15, -0.1) is 0 Å². The molecule has 160 valence electrons. The van der Waals surface area contributed by atoms with Gasteiger partial charge in [0.25, 0.3) is 5.56 Å². The monoisotopic (exact) mass is 418 g/mol. The Kier molecular flexibility index (Phi) is 4.78. The Morgan fingerprint density at radius 1 is 1.23 bits per heavy atom. The van der Waals surface area contributed by atoms with Crippen molar-refractivity contribution in [2.75, 3.05) is 20.3 Å². The van der Waals surface area contributed by atoms with Crippen LogP contribution in [0.1, 0.15) is 30.6 Å². The molecule has 1 aliphatic heterocycles. The van der Waals surface area contributed by atoms with Crippen LogP contribution < -0.4 is 10.3 Å². The number of nitrogens with zero attached hydrogens (tertiary/aromatic N) is 3. The maximum atomic E-state index is 12.9. The van der Waals surface area contributed by atoms with Gasteiger partial charge in [-0.05, 0) is 43.5 Å². The van der Waals surface area contributed by atoms with Gasteiger partial charge in [-0.25, -0.2) is 4.98 Å². The van der Waals surface area contributed by atoms with Crippen molar-refractivity contribution >= 4 is 21.8 Å². The fraction of sp³-hybridized carbons (Fsp3) is 0.375.